The van der Waals surface area contributed by atoms with Gasteiger partial charge in [-0.1, -0.05) is 12.1 Å². The van der Waals surface area contributed by atoms with Crippen LogP contribution in [0.2, 0.25) is 0 Å². The van der Waals surface area contributed by atoms with E-state index >= 15 is 0 Å². The second kappa shape index (κ2) is 8.14. The first-order chi connectivity index (χ1) is 12.6. The lowest BCUT2D eigenvalue weighted by Gasteiger charge is -2.18. The first-order valence-electron chi connectivity index (χ1n) is 8.57. The smallest absolute Gasteiger partial charge is 0.191 e. The molecule has 0 aliphatic rings. The molecule has 0 saturated carbocycles. The van der Waals surface area contributed by atoms with Crippen molar-refractivity contribution in [1.29, 1.82) is 0 Å². The SMILES string of the molecule is CN=C(NCc1nc(C)c(C)s1)NC(C)c1cccc(-n2cccn2)c1. The largest absolute Gasteiger partial charge is 0.350 e. The van der Waals surface area contributed by atoms with Crippen molar-refractivity contribution in [3.8, 4) is 5.69 Å². The number of benzene rings is 1. The Morgan fingerprint density at radius 1 is 1.31 bits per heavy atom. The summed E-state index contributed by atoms with van der Waals surface area (Å²) in [6.07, 6.45) is 3.72. The van der Waals surface area contributed by atoms with Gasteiger partial charge in [0.15, 0.2) is 5.96 Å². The summed E-state index contributed by atoms with van der Waals surface area (Å²) in [4.78, 5) is 10.1. The molecule has 1 unspecified atom stereocenters. The Morgan fingerprint density at radius 2 is 2.15 bits per heavy atom. The highest BCUT2D eigenvalue weighted by Gasteiger charge is 2.10. The minimum absolute atomic E-state index is 0.108. The predicted octanol–water partition coefficient (Wildman–Crippen LogP) is 3.37. The van der Waals surface area contributed by atoms with Crippen molar-refractivity contribution < 1.29 is 0 Å². The van der Waals surface area contributed by atoms with Crippen LogP contribution in [0.4, 0.5) is 0 Å². The third-order valence-corrected chi connectivity index (χ3v) is 5.27. The van der Waals surface area contributed by atoms with Gasteiger partial charge in [0.25, 0.3) is 0 Å². The maximum atomic E-state index is 4.56. The molecule has 136 valence electrons. The quantitative estimate of drug-likeness (QED) is 0.535. The molecule has 0 saturated heterocycles. The molecule has 2 heterocycles. The van der Waals surface area contributed by atoms with Crippen LogP contribution < -0.4 is 10.6 Å². The van der Waals surface area contributed by atoms with E-state index in [1.54, 1.807) is 24.6 Å². The van der Waals surface area contributed by atoms with Gasteiger partial charge in [0.1, 0.15) is 5.01 Å². The van der Waals surface area contributed by atoms with Crippen molar-refractivity contribution >= 4 is 17.3 Å². The van der Waals surface area contributed by atoms with Crippen molar-refractivity contribution in [3.05, 3.63) is 63.9 Å². The van der Waals surface area contributed by atoms with Crippen LogP contribution in [-0.4, -0.2) is 27.8 Å². The molecule has 0 fully saturated rings. The van der Waals surface area contributed by atoms with Crippen LogP contribution in [0.1, 0.15) is 34.1 Å². The number of thiazole rings is 1. The van der Waals surface area contributed by atoms with E-state index in [4.69, 9.17) is 0 Å². The standard InChI is InChI=1S/C19H24N6S/c1-13-15(3)26-18(23-13)12-21-19(20-4)24-14(2)16-7-5-8-17(11-16)25-10-6-9-22-25/h5-11,14H,12H2,1-4H3,(H2,20,21,24). The number of nitrogens with zero attached hydrogens (tertiary/aromatic N) is 4. The second-order valence-corrected chi connectivity index (χ2v) is 7.37. The first-order valence-corrected chi connectivity index (χ1v) is 9.38. The van der Waals surface area contributed by atoms with Crippen molar-refractivity contribution in [2.45, 2.75) is 33.4 Å². The van der Waals surface area contributed by atoms with Gasteiger partial charge >= 0.3 is 0 Å². The summed E-state index contributed by atoms with van der Waals surface area (Å²) < 4.78 is 1.86. The van der Waals surface area contributed by atoms with Crippen molar-refractivity contribution in [2.75, 3.05) is 7.05 Å². The molecule has 6 nitrogen and oxygen atoms in total. The van der Waals surface area contributed by atoms with Gasteiger partial charge in [-0.2, -0.15) is 5.10 Å². The molecule has 2 aromatic heterocycles. The lowest BCUT2D eigenvalue weighted by atomic mass is 10.1. The minimum Gasteiger partial charge on any atom is -0.350 e. The molecule has 0 spiro atoms. The third-order valence-electron chi connectivity index (χ3n) is 4.20. The van der Waals surface area contributed by atoms with Crippen LogP contribution in [-0.2, 0) is 6.54 Å². The summed E-state index contributed by atoms with van der Waals surface area (Å²) in [6.45, 7) is 6.92. The molecule has 3 rings (SSSR count). The lowest BCUT2D eigenvalue weighted by Crippen LogP contribution is -2.38. The Balaban J connectivity index is 1.64. The molecule has 0 aliphatic carbocycles. The molecule has 0 bridgehead atoms. The highest BCUT2D eigenvalue weighted by atomic mass is 32.1. The number of aromatic nitrogens is 3. The number of rotatable bonds is 5. The number of hydrogen-bond acceptors (Lipinski definition) is 4. The van der Waals surface area contributed by atoms with Gasteiger partial charge in [-0.15, -0.1) is 11.3 Å². The molecular weight excluding hydrogens is 344 g/mol. The fourth-order valence-corrected chi connectivity index (χ4v) is 3.49. The zero-order valence-electron chi connectivity index (χ0n) is 15.5. The summed E-state index contributed by atoms with van der Waals surface area (Å²) in [7, 11) is 1.78. The van der Waals surface area contributed by atoms with Crippen molar-refractivity contribution in [3.63, 3.8) is 0 Å². The van der Waals surface area contributed by atoms with Crippen LogP contribution in [0.5, 0.6) is 0 Å². The van der Waals surface area contributed by atoms with Crippen LogP contribution in [0.25, 0.3) is 5.69 Å². The fraction of sp³-hybridized carbons (Fsp3) is 0.316. The second-order valence-electron chi connectivity index (χ2n) is 6.09. The molecule has 1 atom stereocenters. The van der Waals surface area contributed by atoms with Crippen molar-refractivity contribution in [1.82, 2.24) is 25.4 Å². The van der Waals surface area contributed by atoms with E-state index in [1.807, 2.05) is 36.0 Å². The van der Waals surface area contributed by atoms with Gasteiger partial charge in [-0.3, -0.25) is 4.99 Å². The average Bonchev–Trinajstić information content (AvgIpc) is 3.29. The van der Waals surface area contributed by atoms with Crippen LogP contribution >= 0.6 is 11.3 Å². The fourth-order valence-electron chi connectivity index (χ4n) is 2.62. The van der Waals surface area contributed by atoms with Gasteiger partial charge in [0.05, 0.1) is 24.0 Å². The van der Waals surface area contributed by atoms with E-state index in [0.29, 0.717) is 6.54 Å². The maximum absolute atomic E-state index is 4.56. The molecule has 0 radical (unpaired) electrons. The summed E-state index contributed by atoms with van der Waals surface area (Å²) >= 11 is 1.72. The molecule has 0 amide bonds. The molecule has 7 heteroatoms. The molecular formula is C19H24N6S. The number of aliphatic imine (C=N–C) groups is 1. The highest BCUT2D eigenvalue weighted by molar-refractivity contribution is 7.11. The molecule has 26 heavy (non-hydrogen) atoms. The van der Waals surface area contributed by atoms with E-state index in [2.05, 4.69) is 51.7 Å². The monoisotopic (exact) mass is 368 g/mol. The van der Waals surface area contributed by atoms with E-state index in [1.165, 1.54) is 10.4 Å². The van der Waals surface area contributed by atoms with Crippen LogP contribution in [0.3, 0.4) is 0 Å². The van der Waals surface area contributed by atoms with Crippen LogP contribution in [0, 0.1) is 13.8 Å². The zero-order chi connectivity index (χ0) is 18.5. The average molecular weight is 369 g/mol. The predicted molar refractivity (Wildman–Crippen MR) is 107 cm³/mol. The topological polar surface area (TPSA) is 67.1 Å². The number of hydrogen-bond donors (Lipinski definition) is 2. The number of nitrogens with one attached hydrogen (secondary N) is 2. The Bertz CT molecular complexity index is 862. The summed E-state index contributed by atoms with van der Waals surface area (Å²) in [5.74, 6) is 0.757. The van der Waals surface area contributed by atoms with Gasteiger partial charge in [0.2, 0.25) is 0 Å². The summed E-state index contributed by atoms with van der Waals surface area (Å²) in [5.41, 5.74) is 3.30. The first kappa shape index (κ1) is 18.1. The summed E-state index contributed by atoms with van der Waals surface area (Å²) in [5, 5.41) is 12.1. The van der Waals surface area contributed by atoms with E-state index < -0.39 is 0 Å². The molecule has 0 aliphatic heterocycles. The maximum Gasteiger partial charge on any atom is 0.191 e. The molecule has 3 aromatic rings. The zero-order valence-corrected chi connectivity index (χ0v) is 16.3. The van der Waals surface area contributed by atoms with Crippen molar-refractivity contribution in [2.24, 2.45) is 4.99 Å². The van der Waals surface area contributed by atoms with Crippen LogP contribution in [0.15, 0.2) is 47.7 Å². The summed E-state index contributed by atoms with van der Waals surface area (Å²) in [6, 6.07) is 10.3. The Morgan fingerprint density at radius 3 is 2.81 bits per heavy atom. The highest BCUT2D eigenvalue weighted by Crippen LogP contribution is 2.17. The molecule has 1 aromatic carbocycles. The lowest BCUT2D eigenvalue weighted by molar-refractivity contribution is 0.683. The van der Waals surface area contributed by atoms with Gasteiger partial charge in [-0.25, -0.2) is 9.67 Å². The molecule has 2 N–H and O–H groups in total. The number of aryl methyl sites for hydroxylation is 2. The van der Waals surface area contributed by atoms with E-state index in [9.17, 15) is 0 Å². The third kappa shape index (κ3) is 4.29. The number of guanidine groups is 1. The van der Waals surface area contributed by atoms with E-state index in [0.717, 1.165) is 22.3 Å². The van der Waals surface area contributed by atoms with Gasteiger partial charge < -0.3 is 10.6 Å². The van der Waals surface area contributed by atoms with Gasteiger partial charge in [0, 0.05) is 24.3 Å². The van der Waals surface area contributed by atoms with E-state index in [-0.39, 0.29) is 6.04 Å². The van der Waals surface area contributed by atoms with Gasteiger partial charge in [-0.05, 0) is 44.5 Å². The Labute approximate surface area is 158 Å². The minimum atomic E-state index is 0.108. The Kier molecular flexibility index (Phi) is 5.68. The normalized spacial score (nSPS) is 12.8. The Hall–Kier alpha value is -2.67.